The maximum absolute atomic E-state index is 5.41. The van der Waals surface area contributed by atoms with Crippen LogP contribution >= 0.6 is 0 Å². The van der Waals surface area contributed by atoms with Crippen LogP contribution in [0.4, 0.5) is 0 Å². The Balaban J connectivity index is 1.55. The molecule has 0 aromatic rings. The van der Waals surface area contributed by atoms with Gasteiger partial charge in [-0.05, 0) is 38.6 Å². The van der Waals surface area contributed by atoms with Gasteiger partial charge in [-0.25, -0.2) is 0 Å². The summed E-state index contributed by atoms with van der Waals surface area (Å²) in [5.74, 6) is 1.53. The van der Waals surface area contributed by atoms with Gasteiger partial charge in [0.25, 0.3) is 0 Å². The SMILES string of the molecule is CN=C(NCCCN1CCCCC1C)NCC(C)CN1CCOCC1. The molecule has 2 heterocycles. The highest BCUT2D eigenvalue weighted by Gasteiger charge is 2.17. The Kier molecular flexibility index (Phi) is 9.58. The highest BCUT2D eigenvalue weighted by Crippen LogP contribution is 2.16. The van der Waals surface area contributed by atoms with Crippen molar-refractivity contribution in [2.45, 2.75) is 45.6 Å². The third-order valence-corrected chi connectivity index (χ3v) is 5.37. The summed E-state index contributed by atoms with van der Waals surface area (Å²) in [5, 5.41) is 6.93. The predicted octanol–water partition coefficient (Wildman–Crippen LogP) is 1.38. The molecule has 2 aliphatic heterocycles. The van der Waals surface area contributed by atoms with Gasteiger partial charge in [0.05, 0.1) is 13.2 Å². The lowest BCUT2D eigenvalue weighted by Gasteiger charge is -2.33. The zero-order chi connectivity index (χ0) is 17.9. The molecule has 146 valence electrons. The average molecular weight is 354 g/mol. The molecule has 6 nitrogen and oxygen atoms in total. The predicted molar refractivity (Wildman–Crippen MR) is 105 cm³/mol. The molecule has 2 atom stereocenters. The second kappa shape index (κ2) is 11.7. The van der Waals surface area contributed by atoms with Gasteiger partial charge in [0.15, 0.2) is 5.96 Å². The van der Waals surface area contributed by atoms with E-state index >= 15 is 0 Å². The summed E-state index contributed by atoms with van der Waals surface area (Å²) >= 11 is 0. The molecule has 2 aliphatic rings. The number of nitrogens with zero attached hydrogens (tertiary/aromatic N) is 3. The topological polar surface area (TPSA) is 52.1 Å². The second-order valence-corrected chi connectivity index (χ2v) is 7.63. The number of likely N-dealkylation sites (tertiary alicyclic amines) is 1. The number of nitrogens with one attached hydrogen (secondary N) is 2. The molecule has 0 bridgehead atoms. The number of aliphatic imine (C=N–C) groups is 1. The maximum atomic E-state index is 5.41. The minimum absolute atomic E-state index is 0.603. The molecule has 0 aliphatic carbocycles. The number of guanidine groups is 1. The first-order valence-corrected chi connectivity index (χ1v) is 10.2. The summed E-state index contributed by atoms with van der Waals surface area (Å²) in [6.45, 7) is 14.1. The molecule has 2 rings (SSSR count). The van der Waals surface area contributed by atoms with Gasteiger partial charge in [0, 0.05) is 52.4 Å². The van der Waals surface area contributed by atoms with Crippen LogP contribution in [0, 0.1) is 5.92 Å². The van der Waals surface area contributed by atoms with Gasteiger partial charge < -0.3 is 20.3 Å². The summed E-state index contributed by atoms with van der Waals surface area (Å²) in [4.78, 5) is 9.48. The molecule has 0 saturated carbocycles. The first-order valence-electron chi connectivity index (χ1n) is 10.2. The van der Waals surface area contributed by atoms with Crippen molar-refractivity contribution < 1.29 is 4.74 Å². The Bertz CT molecular complexity index is 384. The third kappa shape index (κ3) is 7.92. The van der Waals surface area contributed by atoms with Crippen LogP contribution < -0.4 is 10.6 Å². The van der Waals surface area contributed by atoms with E-state index in [0.717, 1.165) is 57.9 Å². The van der Waals surface area contributed by atoms with Gasteiger partial charge in [-0.1, -0.05) is 13.3 Å². The van der Waals surface area contributed by atoms with E-state index in [1.165, 1.54) is 38.8 Å². The van der Waals surface area contributed by atoms with Gasteiger partial charge in [-0.2, -0.15) is 0 Å². The van der Waals surface area contributed by atoms with E-state index in [0.29, 0.717) is 5.92 Å². The smallest absolute Gasteiger partial charge is 0.190 e. The number of piperidine rings is 1. The zero-order valence-electron chi connectivity index (χ0n) is 16.6. The molecule has 2 saturated heterocycles. The summed E-state index contributed by atoms with van der Waals surface area (Å²) < 4.78 is 5.41. The van der Waals surface area contributed by atoms with Crippen molar-refractivity contribution in [3.8, 4) is 0 Å². The van der Waals surface area contributed by atoms with E-state index in [1.807, 2.05) is 7.05 Å². The van der Waals surface area contributed by atoms with Crippen LogP contribution in [0.1, 0.15) is 39.5 Å². The first kappa shape index (κ1) is 20.5. The zero-order valence-corrected chi connectivity index (χ0v) is 16.6. The lowest BCUT2D eigenvalue weighted by molar-refractivity contribution is 0.0320. The monoisotopic (exact) mass is 353 g/mol. The number of hydrogen-bond acceptors (Lipinski definition) is 4. The molecule has 0 aromatic heterocycles. The standard InChI is InChI=1S/C19H39N5O/c1-17(16-23-11-13-25-14-12-23)15-22-19(20-3)21-8-6-10-24-9-5-4-7-18(24)2/h17-18H,4-16H2,1-3H3,(H2,20,21,22). The molecule has 2 fully saturated rings. The molecule has 0 amide bonds. The average Bonchev–Trinajstić information content (AvgIpc) is 2.63. The molecule has 25 heavy (non-hydrogen) atoms. The lowest BCUT2D eigenvalue weighted by atomic mass is 10.0. The summed E-state index contributed by atoms with van der Waals surface area (Å²) in [7, 11) is 1.86. The lowest BCUT2D eigenvalue weighted by Crippen LogP contribution is -2.44. The summed E-state index contributed by atoms with van der Waals surface area (Å²) in [6, 6.07) is 0.757. The largest absolute Gasteiger partial charge is 0.379 e. The normalized spacial score (nSPS) is 24.9. The van der Waals surface area contributed by atoms with Crippen molar-refractivity contribution in [2.75, 3.05) is 66.1 Å². The molecule has 0 spiro atoms. The van der Waals surface area contributed by atoms with Gasteiger partial charge in [0.1, 0.15) is 0 Å². The number of hydrogen-bond donors (Lipinski definition) is 2. The Hall–Kier alpha value is -0.850. The maximum Gasteiger partial charge on any atom is 0.190 e. The minimum atomic E-state index is 0.603. The van der Waals surface area contributed by atoms with E-state index in [1.54, 1.807) is 0 Å². The van der Waals surface area contributed by atoms with Crippen LogP contribution in [0.15, 0.2) is 4.99 Å². The Morgan fingerprint density at radius 2 is 2.00 bits per heavy atom. The molecule has 0 radical (unpaired) electrons. The second-order valence-electron chi connectivity index (χ2n) is 7.63. The number of morpholine rings is 1. The molecule has 2 unspecified atom stereocenters. The van der Waals surface area contributed by atoms with Crippen molar-refractivity contribution in [3.63, 3.8) is 0 Å². The van der Waals surface area contributed by atoms with E-state index in [2.05, 4.69) is 39.3 Å². The van der Waals surface area contributed by atoms with Crippen LogP contribution in [-0.2, 0) is 4.74 Å². The Morgan fingerprint density at radius 1 is 1.20 bits per heavy atom. The number of ether oxygens (including phenoxy) is 1. The molecule has 0 aromatic carbocycles. The van der Waals surface area contributed by atoms with Crippen LogP contribution in [-0.4, -0.2) is 87.9 Å². The third-order valence-electron chi connectivity index (χ3n) is 5.37. The number of rotatable bonds is 8. The van der Waals surface area contributed by atoms with Crippen molar-refractivity contribution in [3.05, 3.63) is 0 Å². The highest BCUT2D eigenvalue weighted by atomic mass is 16.5. The molecule has 6 heteroatoms. The van der Waals surface area contributed by atoms with Crippen LogP contribution in [0.25, 0.3) is 0 Å². The fourth-order valence-corrected chi connectivity index (χ4v) is 3.76. The molecule has 2 N–H and O–H groups in total. The minimum Gasteiger partial charge on any atom is -0.379 e. The Morgan fingerprint density at radius 3 is 2.72 bits per heavy atom. The van der Waals surface area contributed by atoms with Gasteiger partial charge in [-0.3, -0.25) is 9.89 Å². The van der Waals surface area contributed by atoms with E-state index < -0.39 is 0 Å². The van der Waals surface area contributed by atoms with Gasteiger partial charge >= 0.3 is 0 Å². The fourth-order valence-electron chi connectivity index (χ4n) is 3.76. The van der Waals surface area contributed by atoms with Crippen molar-refractivity contribution in [2.24, 2.45) is 10.9 Å². The van der Waals surface area contributed by atoms with Crippen LogP contribution in [0.5, 0.6) is 0 Å². The van der Waals surface area contributed by atoms with E-state index in [-0.39, 0.29) is 0 Å². The van der Waals surface area contributed by atoms with E-state index in [9.17, 15) is 0 Å². The van der Waals surface area contributed by atoms with Crippen LogP contribution in [0.3, 0.4) is 0 Å². The van der Waals surface area contributed by atoms with Crippen molar-refractivity contribution in [1.82, 2.24) is 20.4 Å². The highest BCUT2D eigenvalue weighted by molar-refractivity contribution is 5.79. The summed E-state index contributed by atoms with van der Waals surface area (Å²) in [6.07, 6.45) is 5.29. The summed E-state index contributed by atoms with van der Waals surface area (Å²) in [5.41, 5.74) is 0. The fraction of sp³-hybridized carbons (Fsp3) is 0.947. The van der Waals surface area contributed by atoms with Crippen molar-refractivity contribution >= 4 is 5.96 Å². The first-order chi connectivity index (χ1) is 12.2. The van der Waals surface area contributed by atoms with Crippen LogP contribution in [0.2, 0.25) is 0 Å². The van der Waals surface area contributed by atoms with Gasteiger partial charge in [-0.15, -0.1) is 0 Å². The Labute approximate surface area is 154 Å². The van der Waals surface area contributed by atoms with Crippen molar-refractivity contribution in [1.29, 1.82) is 0 Å². The molecular formula is C19H39N5O. The van der Waals surface area contributed by atoms with Gasteiger partial charge in [0.2, 0.25) is 0 Å². The molecular weight excluding hydrogens is 314 g/mol. The van der Waals surface area contributed by atoms with E-state index in [4.69, 9.17) is 4.74 Å². The quantitative estimate of drug-likeness (QED) is 0.392.